The van der Waals surface area contributed by atoms with E-state index >= 15 is 0 Å². The maximum Gasteiger partial charge on any atom is 0.416 e. The molecule has 1 aliphatic carbocycles. The third-order valence-electron chi connectivity index (χ3n) is 5.75. The highest BCUT2D eigenvalue weighted by Crippen LogP contribution is 2.55. The largest absolute Gasteiger partial charge is 0.416 e. The molecule has 0 bridgehead atoms. The Labute approximate surface area is 167 Å². The highest BCUT2D eigenvalue weighted by atomic mass is 19.4. The summed E-state index contributed by atoms with van der Waals surface area (Å²) < 4.78 is 39.6. The molecule has 5 rings (SSSR count). The van der Waals surface area contributed by atoms with E-state index in [1.807, 2.05) is 48.5 Å². The molecule has 1 aliphatic rings. The van der Waals surface area contributed by atoms with Gasteiger partial charge in [0.05, 0.1) is 11.0 Å². The SMILES string of the molecule is FC(F)(F)c1ccc(C2(c3cc[c]cc3)c3ccccc3-c3ccccc32)cc1. The Bertz CT molecular complexity index is 1130. The summed E-state index contributed by atoms with van der Waals surface area (Å²) in [4.78, 5) is 0. The highest BCUT2D eigenvalue weighted by molar-refractivity contribution is 5.86. The molecule has 0 spiro atoms. The monoisotopic (exact) mass is 385 g/mol. The second kappa shape index (κ2) is 6.35. The lowest BCUT2D eigenvalue weighted by atomic mass is 9.67. The molecular formula is C26H16F3. The zero-order valence-corrected chi connectivity index (χ0v) is 15.4. The molecule has 0 nitrogen and oxygen atoms in total. The van der Waals surface area contributed by atoms with E-state index in [4.69, 9.17) is 0 Å². The van der Waals surface area contributed by atoms with Gasteiger partial charge in [0.25, 0.3) is 0 Å². The lowest BCUT2D eigenvalue weighted by Crippen LogP contribution is -2.28. The van der Waals surface area contributed by atoms with Crippen LogP contribution in [-0.2, 0) is 11.6 Å². The fourth-order valence-corrected chi connectivity index (χ4v) is 4.57. The van der Waals surface area contributed by atoms with Crippen LogP contribution in [0.2, 0.25) is 0 Å². The third-order valence-corrected chi connectivity index (χ3v) is 5.75. The van der Waals surface area contributed by atoms with Crippen molar-refractivity contribution in [2.45, 2.75) is 11.6 Å². The molecule has 0 aliphatic heterocycles. The Kier molecular flexibility index (Phi) is 3.88. The summed E-state index contributed by atoms with van der Waals surface area (Å²) in [7, 11) is 0. The summed E-state index contributed by atoms with van der Waals surface area (Å²) in [5.41, 5.74) is 4.87. The number of hydrogen-bond acceptors (Lipinski definition) is 0. The summed E-state index contributed by atoms with van der Waals surface area (Å²) in [5, 5.41) is 0. The van der Waals surface area contributed by atoms with Crippen molar-refractivity contribution in [2.24, 2.45) is 0 Å². The van der Waals surface area contributed by atoms with Crippen LogP contribution in [0.15, 0.2) is 97.1 Å². The molecule has 0 fully saturated rings. The number of fused-ring (bicyclic) bond motifs is 3. The van der Waals surface area contributed by atoms with Gasteiger partial charge in [-0.2, -0.15) is 13.2 Å². The zero-order valence-electron chi connectivity index (χ0n) is 15.4. The molecule has 0 unspecified atom stereocenters. The van der Waals surface area contributed by atoms with Gasteiger partial charge in [0.1, 0.15) is 0 Å². The molecule has 0 saturated carbocycles. The maximum atomic E-state index is 13.2. The maximum absolute atomic E-state index is 13.2. The average Bonchev–Trinajstić information content (AvgIpc) is 3.05. The van der Waals surface area contributed by atoms with Crippen LogP contribution >= 0.6 is 0 Å². The first-order valence-electron chi connectivity index (χ1n) is 9.36. The van der Waals surface area contributed by atoms with Crippen molar-refractivity contribution in [1.29, 1.82) is 0 Å². The van der Waals surface area contributed by atoms with Gasteiger partial charge in [-0.1, -0.05) is 84.9 Å². The van der Waals surface area contributed by atoms with E-state index in [9.17, 15) is 13.2 Å². The number of alkyl halides is 3. The van der Waals surface area contributed by atoms with Gasteiger partial charge in [0.2, 0.25) is 0 Å². The van der Waals surface area contributed by atoms with Crippen molar-refractivity contribution >= 4 is 0 Å². The number of benzene rings is 4. The van der Waals surface area contributed by atoms with Crippen LogP contribution in [0.1, 0.15) is 27.8 Å². The first kappa shape index (κ1) is 17.7. The Morgan fingerprint density at radius 3 is 1.59 bits per heavy atom. The first-order chi connectivity index (χ1) is 14.0. The highest BCUT2D eigenvalue weighted by Gasteiger charge is 2.46. The van der Waals surface area contributed by atoms with Crippen LogP contribution in [0, 0.1) is 6.07 Å². The van der Waals surface area contributed by atoms with Gasteiger partial charge in [-0.05, 0) is 51.6 Å². The molecule has 3 heteroatoms. The standard InChI is InChI=1S/C26H16F3/c27-26(28,29)20-16-14-19(15-17-20)25(18-8-2-1-3-9-18)23-12-6-4-10-21(23)22-11-5-7-13-24(22)25/h2-17H. The summed E-state index contributed by atoms with van der Waals surface area (Å²) >= 11 is 0. The van der Waals surface area contributed by atoms with E-state index in [0.717, 1.165) is 33.4 Å². The van der Waals surface area contributed by atoms with Crippen LogP contribution in [0.4, 0.5) is 13.2 Å². The van der Waals surface area contributed by atoms with Gasteiger partial charge in [0.15, 0.2) is 0 Å². The smallest absolute Gasteiger partial charge is 0.166 e. The minimum Gasteiger partial charge on any atom is -0.166 e. The quantitative estimate of drug-likeness (QED) is 0.311. The minimum absolute atomic E-state index is 0.641. The minimum atomic E-state index is -4.36. The molecule has 141 valence electrons. The Balaban J connectivity index is 1.87. The van der Waals surface area contributed by atoms with Crippen LogP contribution in [0.25, 0.3) is 11.1 Å². The molecule has 0 amide bonds. The second-order valence-corrected chi connectivity index (χ2v) is 7.20. The third kappa shape index (κ3) is 2.54. The number of rotatable bonds is 2. The van der Waals surface area contributed by atoms with Crippen LogP contribution < -0.4 is 0 Å². The first-order valence-corrected chi connectivity index (χ1v) is 9.36. The molecule has 0 aromatic heterocycles. The van der Waals surface area contributed by atoms with Gasteiger partial charge < -0.3 is 0 Å². The fourth-order valence-electron chi connectivity index (χ4n) is 4.57. The molecule has 0 atom stereocenters. The Hall–Kier alpha value is -3.33. The Morgan fingerprint density at radius 2 is 1.07 bits per heavy atom. The molecular weight excluding hydrogens is 369 g/mol. The average molecular weight is 385 g/mol. The molecule has 4 aromatic rings. The second-order valence-electron chi connectivity index (χ2n) is 7.20. The van der Waals surface area contributed by atoms with Crippen molar-refractivity contribution in [3.63, 3.8) is 0 Å². The lowest BCUT2D eigenvalue weighted by Gasteiger charge is -2.34. The summed E-state index contributed by atoms with van der Waals surface area (Å²) in [5.74, 6) is 0. The molecule has 0 saturated heterocycles. The lowest BCUT2D eigenvalue weighted by molar-refractivity contribution is -0.137. The van der Waals surface area contributed by atoms with Crippen molar-refractivity contribution in [1.82, 2.24) is 0 Å². The molecule has 1 radical (unpaired) electrons. The van der Waals surface area contributed by atoms with E-state index in [1.165, 1.54) is 12.1 Å². The number of halogens is 3. The van der Waals surface area contributed by atoms with E-state index in [2.05, 4.69) is 30.3 Å². The van der Waals surface area contributed by atoms with Gasteiger partial charge in [-0.3, -0.25) is 0 Å². The zero-order chi connectivity index (χ0) is 20.1. The molecule has 0 N–H and O–H groups in total. The van der Waals surface area contributed by atoms with Crippen molar-refractivity contribution in [3.8, 4) is 11.1 Å². The summed E-state index contributed by atoms with van der Waals surface area (Å²) in [6.07, 6.45) is -4.36. The molecule has 0 heterocycles. The normalized spacial score (nSPS) is 14.3. The predicted molar refractivity (Wildman–Crippen MR) is 108 cm³/mol. The molecule has 29 heavy (non-hydrogen) atoms. The Morgan fingerprint density at radius 1 is 0.586 bits per heavy atom. The summed E-state index contributed by atoms with van der Waals surface area (Å²) in [6, 6.07) is 32.6. The summed E-state index contributed by atoms with van der Waals surface area (Å²) in [6.45, 7) is 0. The van der Waals surface area contributed by atoms with Gasteiger partial charge in [-0.25, -0.2) is 0 Å². The van der Waals surface area contributed by atoms with E-state index in [1.54, 1.807) is 12.1 Å². The molecule has 4 aromatic carbocycles. The van der Waals surface area contributed by atoms with Crippen molar-refractivity contribution < 1.29 is 13.2 Å². The predicted octanol–water partition coefficient (Wildman–Crippen LogP) is 6.87. The van der Waals surface area contributed by atoms with Crippen LogP contribution in [0.3, 0.4) is 0 Å². The van der Waals surface area contributed by atoms with Crippen molar-refractivity contribution in [2.75, 3.05) is 0 Å². The van der Waals surface area contributed by atoms with Gasteiger partial charge in [-0.15, -0.1) is 0 Å². The van der Waals surface area contributed by atoms with Gasteiger partial charge >= 0.3 is 6.18 Å². The topological polar surface area (TPSA) is 0 Å². The van der Waals surface area contributed by atoms with Crippen molar-refractivity contribution in [3.05, 3.63) is 131 Å². The van der Waals surface area contributed by atoms with E-state index in [0.29, 0.717) is 0 Å². The van der Waals surface area contributed by atoms with Gasteiger partial charge in [0, 0.05) is 0 Å². The number of hydrogen-bond donors (Lipinski definition) is 0. The van der Waals surface area contributed by atoms with E-state index in [-0.39, 0.29) is 0 Å². The van der Waals surface area contributed by atoms with Crippen LogP contribution in [0.5, 0.6) is 0 Å². The van der Waals surface area contributed by atoms with E-state index < -0.39 is 17.2 Å². The van der Waals surface area contributed by atoms with Crippen LogP contribution in [-0.4, -0.2) is 0 Å². The fraction of sp³-hybridized carbons (Fsp3) is 0.0769.